The van der Waals surface area contributed by atoms with Crippen LogP contribution in [0.15, 0.2) is 53.4 Å². The topological polar surface area (TPSA) is 67.2 Å². The van der Waals surface area contributed by atoms with Gasteiger partial charge in [0, 0.05) is 0 Å². The van der Waals surface area contributed by atoms with Crippen molar-refractivity contribution in [2.45, 2.75) is 39.3 Å². The Kier molecular flexibility index (Phi) is 4.28. The standard InChI is InChI=1S/C19H23N3O2/c1-19(2,3)16(23)17-20-15-12-8-7-11-14(15)18(24)22(17)21-13-9-5-4-6-10-13/h5-13,16,21,23H,4H2,1-3H3/t16-/m1/s1. The van der Waals surface area contributed by atoms with Crippen molar-refractivity contribution >= 4 is 10.9 Å². The molecule has 1 aromatic carbocycles. The van der Waals surface area contributed by atoms with Crippen molar-refractivity contribution < 1.29 is 5.11 Å². The number of allylic oxidation sites excluding steroid dienone is 2. The Morgan fingerprint density at radius 1 is 1.25 bits per heavy atom. The molecular weight excluding hydrogens is 302 g/mol. The lowest BCUT2D eigenvalue weighted by atomic mass is 9.88. The van der Waals surface area contributed by atoms with Crippen LogP contribution < -0.4 is 11.0 Å². The summed E-state index contributed by atoms with van der Waals surface area (Å²) < 4.78 is 1.39. The molecule has 1 aliphatic rings. The Hall–Kier alpha value is -2.40. The minimum Gasteiger partial charge on any atom is -0.385 e. The third-order valence-electron chi connectivity index (χ3n) is 4.10. The summed E-state index contributed by atoms with van der Waals surface area (Å²) in [5, 5.41) is 11.3. The molecule has 5 heteroatoms. The van der Waals surface area contributed by atoms with Crippen LogP contribution in [0.1, 0.15) is 39.1 Å². The van der Waals surface area contributed by atoms with Crippen molar-refractivity contribution in [2.75, 3.05) is 5.43 Å². The van der Waals surface area contributed by atoms with Gasteiger partial charge in [0.25, 0.3) is 5.56 Å². The summed E-state index contributed by atoms with van der Waals surface area (Å²) in [4.78, 5) is 17.5. The summed E-state index contributed by atoms with van der Waals surface area (Å²) in [6.45, 7) is 5.76. The first-order chi connectivity index (χ1) is 11.4. The second-order valence-electron chi connectivity index (χ2n) is 7.14. The lowest BCUT2D eigenvalue weighted by molar-refractivity contribution is 0.0518. The molecule has 126 valence electrons. The molecule has 3 rings (SSSR count). The molecule has 0 saturated carbocycles. The largest absolute Gasteiger partial charge is 0.385 e. The number of rotatable bonds is 3. The summed E-state index contributed by atoms with van der Waals surface area (Å²) in [6, 6.07) is 7.09. The van der Waals surface area contributed by atoms with Crippen molar-refractivity contribution in [1.82, 2.24) is 9.66 Å². The highest BCUT2D eigenvalue weighted by atomic mass is 16.3. The van der Waals surface area contributed by atoms with Gasteiger partial charge in [0.2, 0.25) is 0 Å². The van der Waals surface area contributed by atoms with Crippen LogP contribution in [0.2, 0.25) is 0 Å². The summed E-state index contributed by atoms with van der Waals surface area (Å²) in [5.41, 5.74) is 3.12. The number of fused-ring (bicyclic) bond motifs is 1. The Bertz CT molecular complexity index is 847. The molecule has 0 bridgehead atoms. The third kappa shape index (κ3) is 3.12. The number of aromatic nitrogens is 2. The minimum atomic E-state index is -0.876. The lowest BCUT2D eigenvalue weighted by Crippen LogP contribution is -2.40. The van der Waals surface area contributed by atoms with E-state index < -0.39 is 11.5 Å². The van der Waals surface area contributed by atoms with Crippen LogP contribution in [0.25, 0.3) is 10.9 Å². The molecular formula is C19H23N3O2. The second-order valence-corrected chi connectivity index (χ2v) is 7.14. The molecule has 0 fully saturated rings. The maximum absolute atomic E-state index is 13.0. The van der Waals surface area contributed by atoms with Gasteiger partial charge in [0.15, 0.2) is 5.82 Å². The number of benzene rings is 1. The van der Waals surface area contributed by atoms with Crippen LogP contribution in [0.3, 0.4) is 0 Å². The van der Waals surface area contributed by atoms with Gasteiger partial charge in [-0.25, -0.2) is 9.66 Å². The molecule has 1 atom stereocenters. The number of para-hydroxylation sites is 1. The SMILES string of the molecule is CC(C)(C)[C@H](O)c1nc2ccccc2c(=O)n1NC1C=CCC=C1. The summed E-state index contributed by atoms with van der Waals surface area (Å²) >= 11 is 0. The monoisotopic (exact) mass is 325 g/mol. The molecule has 0 saturated heterocycles. The molecule has 2 N–H and O–H groups in total. The second kappa shape index (κ2) is 6.24. The molecule has 5 nitrogen and oxygen atoms in total. The van der Waals surface area contributed by atoms with E-state index in [2.05, 4.69) is 10.4 Å². The minimum absolute atomic E-state index is 0.106. The van der Waals surface area contributed by atoms with E-state index in [4.69, 9.17) is 0 Å². The predicted octanol–water partition coefficient (Wildman–Crippen LogP) is 2.90. The van der Waals surface area contributed by atoms with Gasteiger partial charge in [-0.15, -0.1) is 0 Å². The Labute approximate surface area is 141 Å². The van der Waals surface area contributed by atoms with Gasteiger partial charge in [-0.2, -0.15) is 0 Å². The molecule has 0 unspecified atom stereocenters. The normalized spacial score (nSPS) is 16.5. The average Bonchev–Trinajstić information content (AvgIpc) is 2.57. The van der Waals surface area contributed by atoms with Gasteiger partial charge < -0.3 is 10.5 Å². The van der Waals surface area contributed by atoms with Crippen molar-refractivity contribution in [2.24, 2.45) is 5.41 Å². The third-order valence-corrected chi connectivity index (χ3v) is 4.10. The molecule has 0 aliphatic heterocycles. The van der Waals surface area contributed by atoms with E-state index >= 15 is 0 Å². The van der Waals surface area contributed by atoms with Crippen molar-refractivity contribution in [3.05, 3.63) is 64.7 Å². The van der Waals surface area contributed by atoms with Crippen molar-refractivity contribution in [3.63, 3.8) is 0 Å². The Morgan fingerprint density at radius 2 is 1.92 bits per heavy atom. The van der Waals surface area contributed by atoms with E-state index in [1.54, 1.807) is 12.1 Å². The van der Waals surface area contributed by atoms with Gasteiger partial charge in [-0.3, -0.25) is 4.79 Å². The zero-order chi connectivity index (χ0) is 17.3. The highest BCUT2D eigenvalue weighted by molar-refractivity contribution is 5.77. The summed E-state index contributed by atoms with van der Waals surface area (Å²) in [5.74, 6) is 0.332. The lowest BCUT2D eigenvalue weighted by Gasteiger charge is -2.29. The number of aliphatic hydroxyl groups is 1. The van der Waals surface area contributed by atoms with E-state index in [0.717, 1.165) is 6.42 Å². The van der Waals surface area contributed by atoms with Crippen LogP contribution in [-0.2, 0) is 0 Å². The Balaban J connectivity index is 2.17. The van der Waals surface area contributed by atoms with Crippen LogP contribution in [0, 0.1) is 5.41 Å². The highest BCUT2D eigenvalue weighted by Crippen LogP contribution is 2.31. The van der Waals surface area contributed by atoms with Crippen LogP contribution in [0.4, 0.5) is 0 Å². The van der Waals surface area contributed by atoms with Gasteiger partial charge >= 0.3 is 0 Å². The molecule has 24 heavy (non-hydrogen) atoms. The first-order valence-electron chi connectivity index (χ1n) is 8.17. The zero-order valence-electron chi connectivity index (χ0n) is 14.2. The first-order valence-corrected chi connectivity index (χ1v) is 8.17. The van der Waals surface area contributed by atoms with E-state index in [0.29, 0.717) is 16.7 Å². The van der Waals surface area contributed by atoms with Crippen LogP contribution in [-0.4, -0.2) is 20.8 Å². The summed E-state index contributed by atoms with van der Waals surface area (Å²) in [7, 11) is 0. The molecule has 2 aromatic rings. The first kappa shape index (κ1) is 16.5. The van der Waals surface area contributed by atoms with Gasteiger partial charge in [-0.05, 0) is 24.0 Å². The summed E-state index contributed by atoms with van der Waals surface area (Å²) in [6.07, 6.45) is 8.08. The quantitative estimate of drug-likeness (QED) is 0.852. The molecule has 1 heterocycles. The van der Waals surface area contributed by atoms with E-state index in [9.17, 15) is 9.90 Å². The zero-order valence-corrected chi connectivity index (χ0v) is 14.2. The van der Waals surface area contributed by atoms with Crippen LogP contribution in [0.5, 0.6) is 0 Å². The average molecular weight is 325 g/mol. The van der Waals surface area contributed by atoms with Crippen molar-refractivity contribution in [3.8, 4) is 0 Å². The van der Waals surface area contributed by atoms with Crippen molar-refractivity contribution in [1.29, 1.82) is 0 Å². The van der Waals surface area contributed by atoms with Crippen LogP contribution >= 0.6 is 0 Å². The Morgan fingerprint density at radius 3 is 2.58 bits per heavy atom. The fourth-order valence-electron chi connectivity index (χ4n) is 2.67. The van der Waals surface area contributed by atoms with E-state index in [1.807, 2.05) is 57.2 Å². The maximum Gasteiger partial charge on any atom is 0.280 e. The predicted molar refractivity (Wildman–Crippen MR) is 96.5 cm³/mol. The van der Waals surface area contributed by atoms with E-state index in [-0.39, 0.29) is 11.6 Å². The van der Waals surface area contributed by atoms with Gasteiger partial charge in [0.05, 0.1) is 16.9 Å². The number of nitrogens with zero attached hydrogens (tertiary/aromatic N) is 2. The molecule has 1 aliphatic carbocycles. The fourth-order valence-corrected chi connectivity index (χ4v) is 2.67. The van der Waals surface area contributed by atoms with Gasteiger partial charge in [-0.1, -0.05) is 57.2 Å². The molecule has 0 radical (unpaired) electrons. The fraction of sp³-hybridized carbons (Fsp3) is 0.368. The molecule has 0 spiro atoms. The maximum atomic E-state index is 13.0. The van der Waals surface area contributed by atoms with E-state index in [1.165, 1.54) is 4.68 Å². The van der Waals surface area contributed by atoms with Gasteiger partial charge in [0.1, 0.15) is 6.10 Å². The smallest absolute Gasteiger partial charge is 0.280 e. The number of hydrogen-bond acceptors (Lipinski definition) is 4. The highest BCUT2D eigenvalue weighted by Gasteiger charge is 2.29. The molecule has 1 aromatic heterocycles. The number of hydrogen-bond donors (Lipinski definition) is 2. The number of nitrogens with one attached hydrogen (secondary N) is 1. The number of aliphatic hydroxyl groups excluding tert-OH is 1. The molecule has 0 amide bonds.